The molecule has 0 unspecified atom stereocenters. The summed E-state index contributed by atoms with van der Waals surface area (Å²) < 4.78 is 2.23. The van der Waals surface area contributed by atoms with Gasteiger partial charge in [-0.05, 0) is 63.0 Å². The van der Waals surface area contributed by atoms with Gasteiger partial charge < -0.3 is 0 Å². The zero-order valence-corrected chi connectivity index (χ0v) is 24.4. The normalized spacial score (nSPS) is 11.6. The van der Waals surface area contributed by atoms with Gasteiger partial charge in [-0.3, -0.25) is 4.57 Å². The molecule has 45 heavy (non-hydrogen) atoms. The molecule has 0 fully saturated rings. The van der Waals surface area contributed by atoms with E-state index in [4.69, 9.17) is 9.97 Å². The van der Waals surface area contributed by atoms with Crippen LogP contribution >= 0.6 is 0 Å². The molecule has 7 aromatic carbocycles. The van der Waals surface area contributed by atoms with Crippen molar-refractivity contribution in [2.75, 3.05) is 0 Å². The summed E-state index contributed by atoms with van der Waals surface area (Å²) in [5.41, 5.74) is 8.49. The first-order valence-corrected chi connectivity index (χ1v) is 15.3. The van der Waals surface area contributed by atoms with Gasteiger partial charge in [0.05, 0.1) is 22.4 Å². The highest BCUT2D eigenvalue weighted by molar-refractivity contribution is 6.21. The average Bonchev–Trinajstić information content (AvgIpc) is 3.47. The van der Waals surface area contributed by atoms with Crippen LogP contribution in [0.1, 0.15) is 0 Å². The SMILES string of the molecule is c1ccc(-c2cc(-c3ccccc3)nc(-n3c4ccccc4c4c5cc(-c6ccc7ccccc7c6)ccc5ccc43)n2)cc1. The summed E-state index contributed by atoms with van der Waals surface area (Å²) in [6.45, 7) is 0. The molecule has 0 aliphatic carbocycles. The fourth-order valence-corrected chi connectivity index (χ4v) is 6.60. The molecule has 0 aliphatic rings. The second kappa shape index (κ2) is 10.3. The molecule has 0 saturated carbocycles. The molecule has 0 bridgehead atoms. The molecule has 0 amide bonds. The van der Waals surface area contributed by atoms with Crippen molar-refractivity contribution in [1.29, 1.82) is 0 Å². The highest BCUT2D eigenvalue weighted by atomic mass is 15.2. The van der Waals surface area contributed by atoms with Crippen LogP contribution in [0.3, 0.4) is 0 Å². The lowest BCUT2D eigenvalue weighted by Gasteiger charge is -2.12. The van der Waals surface area contributed by atoms with Gasteiger partial charge in [0.1, 0.15) is 0 Å². The number of hydrogen-bond acceptors (Lipinski definition) is 2. The van der Waals surface area contributed by atoms with E-state index >= 15 is 0 Å². The number of para-hydroxylation sites is 1. The molecule has 210 valence electrons. The molecule has 3 heteroatoms. The van der Waals surface area contributed by atoms with E-state index in [0.717, 1.165) is 33.5 Å². The van der Waals surface area contributed by atoms with Crippen LogP contribution in [0, 0.1) is 0 Å². The highest BCUT2D eigenvalue weighted by Crippen LogP contribution is 2.39. The van der Waals surface area contributed by atoms with E-state index in [2.05, 4.69) is 156 Å². The molecule has 2 aromatic heterocycles. The van der Waals surface area contributed by atoms with E-state index in [9.17, 15) is 0 Å². The number of benzene rings is 7. The van der Waals surface area contributed by atoms with Crippen LogP contribution in [0.15, 0.2) is 164 Å². The van der Waals surface area contributed by atoms with Gasteiger partial charge in [0.2, 0.25) is 5.95 Å². The molecular weight excluding hydrogens is 546 g/mol. The fourth-order valence-electron chi connectivity index (χ4n) is 6.60. The van der Waals surface area contributed by atoms with Gasteiger partial charge in [0, 0.05) is 21.9 Å². The maximum absolute atomic E-state index is 5.20. The Morgan fingerprint density at radius 1 is 0.356 bits per heavy atom. The van der Waals surface area contributed by atoms with E-state index in [1.165, 1.54) is 43.4 Å². The molecule has 2 heterocycles. The summed E-state index contributed by atoms with van der Waals surface area (Å²) in [5.74, 6) is 0.659. The Morgan fingerprint density at radius 3 is 1.67 bits per heavy atom. The van der Waals surface area contributed by atoms with Crippen molar-refractivity contribution in [3.8, 4) is 39.6 Å². The van der Waals surface area contributed by atoms with Crippen molar-refractivity contribution >= 4 is 43.4 Å². The minimum absolute atomic E-state index is 0.659. The molecule has 9 rings (SSSR count). The first-order valence-electron chi connectivity index (χ1n) is 15.3. The fraction of sp³-hybridized carbons (Fsp3) is 0. The van der Waals surface area contributed by atoms with Gasteiger partial charge in [-0.2, -0.15) is 0 Å². The first kappa shape index (κ1) is 25.4. The maximum atomic E-state index is 5.20. The molecule has 0 spiro atoms. The zero-order chi connectivity index (χ0) is 29.7. The lowest BCUT2D eigenvalue weighted by atomic mass is 9.96. The Kier molecular flexibility index (Phi) is 5.82. The van der Waals surface area contributed by atoms with Crippen LogP contribution in [-0.4, -0.2) is 14.5 Å². The van der Waals surface area contributed by atoms with Crippen LogP contribution in [0.5, 0.6) is 0 Å². The molecule has 0 atom stereocenters. The van der Waals surface area contributed by atoms with Crippen molar-refractivity contribution in [2.45, 2.75) is 0 Å². The summed E-state index contributed by atoms with van der Waals surface area (Å²) in [6.07, 6.45) is 0. The summed E-state index contributed by atoms with van der Waals surface area (Å²) in [7, 11) is 0. The number of aromatic nitrogens is 3. The minimum atomic E-state index is 0.659. The van der Waals surface area contributed by atoms with Gasteiger partial charge in [-0.15, -0.1) is 0 Å². The van der Waals surface area contributed by atoms with Crippen LogP contribution in [-0.2, 0) is 0 Å². The Morgan fingerprint density at radius 2 is 0.933 bits per heavy atom. The Balaban J connectivity index is 1.32. The van der Waals surface area contributed by atoms with E-state index < -0.39 is 0 Å². The van der Waals surface area contributed by atoms with Crippen molar-refractivity contribution in [3.05, 3.63) is 164 Å². The predicted molar refractivity (Wildman–Crippen MR) is 188 cm³/mol. The van der Waals surface area contributed by atoms with Crippen LogP contribution in [0.2, 0.25) is 0 Å². The molecule has 3 nitrogen and oxygen atoms in total. The van der Waals surface area contributed by atoms with Crippen LogP contribution in [0.4, 0.5) is 0 Å². The molecule has 0 saturated heterocycles. The van der Waals surface area contributed by atoms with Crippen LogP contribution in [0.25, 0.3) is 82.9 Å². The topological polar surface area (TPSA) is 30.7 Å². The lowest BCUT2D eigenvalue weighted by Crippen LogP contribution is -2.03. The predicted octanol–water partition coefficient (Wildman–Crippen LogP) is 10.9. The van der Waals surface area contributed by atoms with Crippen molar-refractivity contribution in [1.82, 2.24) is 14.5 Å². The first-order chi connectivity index (χ1) is 22.3. The maximum Gasteiger partial charge on any atom is 0.235 e. The number of nitrogens with zero attached hydrogens (tertiary/aromatic N) is 3. The van der Waals surface area contributed by atoms with Crippen molar-refractivity contribution in [2.24, 2.45) is 0 Å². The number of rotatable bonds is 4. The molecule has 9 aromatic rings. The van der Waals surface area contributed by atoms with Gasteiger partial charge >= 0.3 is 0 Å². The van der Waals surface area contributed by atoms with Gasteiger partial charge in [-0.25, -0.2) is 9.97 Å². The summed E-state index contributed by atoms with van der Waals surface area (Å²) in [5, 5.41) is 7.31. The van der Waals surface area contributed by atoms with E-state index in [1.807, 2.05) is 12.1 Å². The third-order valence-corrected chi connectivity index (χ3v) is 8.79. The summed E-state index contributed by atoms with van der Waals surface area (Å²) in [6, 6.07) is 57.9. The Hall–Kier alpha value is -6.06. The zero-order valence-electron chi connectivity index (χ0n) is 24.4. The van der Waals surface area contributed by atoms with Crippen molar-refractivity contribution in [3.63, 3.8) is 0 Å². The van der Waals surface area contributed by atoms with E-state index in [-0.39, 0.29) is 0 Å². The largest absolute Gasteiger partial charge is 0.278 e. The Bertz CT molecular complexity index is 2470. The second-order valence-corrected chi connectivity index (χ2v) is 11.5. The third kappa shape index (κ3) is 4.29. The highest BCUT2D eigenvalue weighted by Gasteiger charge is 2.18. The monoisotopic (exact) mass is 573 g/mol. The molecule has 0 radical (unpaired) electrons. The van der Waals surface area contributed by atoms with Crippen LogP contribution < -0.4 is 0 Å². The molecule has 0 N–H and O–H groups in total. The third-order valence-electron chi connectivity index (χ3n) is 8.79. The standard InChI is InChI=1S/C42H27N3/c1-3-12-30(13-4-1)37-27-38(31-14-5-2-6-15-31)44-42(43-37)45-39-18-10-9-17-35(39)41-36-26-34(22-20-29(36)23-24-40(41)45)33-21-19-28-11-7-8-16-32(28)25-33/h1-27H. The van der Waals surface area contributed by atoms with Gasteiger partial charge in [-0.1, -0.05) is 133 Å². The second-order valence-electron chi connectivity index (χ2n) is 11.5. The Labute approximate surface area is 260 Å². The molecular formula is C42H27N3. The minimum Gasteiger partial charge on any atom is -0.278 e. The van der Waals surface area contributed by atoms with E-state index in [1.54, 1.807) is 0 Å². The quantitative estimate of drug-likeness (QED) is 0.210. The van der Waals surface area contributed by atoms with E-state index in [0.29, 0.717) is 5.95 Å². The average molecular weight is 574 g/mol. The number of hydrogen-bond donors (Lipinski definition) is 0. The lowest BCUT2D eigenvalue weighted by molar-refractivity contribution is 0.996. The molecule has 0 aliphatic heterocycles. The smallest absolute Gasteiger partial charge is 0.235 e. The van der Waals surface area contributed by atoms with Gasteiger partial charge in [0.25, 0.3) is 0 Å². The van der Waals surface area contributed by atoms with Crippen molar-refractivity contribution < 1.29 is 0 Å². The van der Waals surface area contributed by atoms with Gasteiger partial charge in [0.15, 0.2) is 0 Å². The summed E-state index contributed by atoms with van der Waals surface area (Å²) in [4.78, 5) is 10.4. The number of fused-ring (bicyclic) bond motifs is 6. The summed E-state index contributed by atoms with van der Waals surface area (Å²) >= 11 is 0.